The average Bonchev–Trinajstić information content (AvgIpc) is 3.24. The minimum absolute atomic E-state index is 0.427. The number of carbonyl (C=O) groups excluding carboxylic acids is 1. The second kappa shape index (κ2) is 8.31. The number of hydrogen-bond donors (Lipinski definition) is 2. The molecule has 1 aromatic carbocycles. The summed E-state index contributed by atoms with van der Waals surface area (Å²) in [5.41, 5.74) is 5.72. The minimum Gasteiger partial charge on any atom is -0.447 e. The predicted octanol–water partition coefficient (Wildman–Crippen LogP) is 4.31. The van der Waals surface area contributed by atoms with Gasteiger partial charge in [0.2, 0.25) is 5.91 Å². The van der Waals surface area contributed by atoms with E-state index in [0.717, 1.165) is 24.1 Å². The summed E-state index contributed by atoms with van der Waals surface area (Å²) in [5.74, 6) is 1.22. The van der Waals surface area contributed by atoms with Crippen LogP contribution in [0, 0.1) is 5.92 Å². The summed E-state index contributed by atoms with van der Waals surface area (Å²) in [5, 5.41) is 4.39. The molecule has 1 saturated carbocycles. The van der Waals surface area contributed by atoms with Crippen LogP contribution in [0.1, 0.15) is 47.3 Å². The molecule has 3 rings (SSSR count). The number of hydrogen-bond acceptors (Lipinski definition) is 4. The second-order valence-electron chi connectivity index (χ2n) is 6.33. The largest absolute Gasteiger partial charge is 0.447 e. The summed E-state index contributed by atoms with van der Waals surface area (Å²) in [4.78, 5) is 12.3. The number of nitrogens with two attached hydrogens (primary N) is 1. The maximum Gasteiger partial charge on any atom is 0.248 e. The third-order valence-corrected chi connectivity index (χ3v) is 5.46. The molecule has 0 radical (unpaired) electrons. The molecule has 1 amide bonds. The van der Waals surface area contributed by atoms with Crippen LogP contribution in [0.15, 0.2) is 36.4 Å². The second-order valence-corrected chi connectivity index (χ2v) is 7.46. The zero-order valence-electron chi connectivity index (χ0n) is 13.8. The van der Waals surface area contributed by atoms with Crippen LogP contribution in [0.4, 0.5) is 0 Å². The molecule has 1 fully saturated rings. The third kappa shape index (κ3) is 4.82. The molecule has 0 spiro atoms. The van der Waals surface area contributed by atoms with Crippen molar-refractivity contribution in [2.45, 2.75) is 38.6 Å². The molecule has 0 saturated heterocycles. The van der Waals surface area contributed by atoms with Crippen molar-refractivity contribution in [3.8, 4) is 10.8 Å². The lowest BCUT2D eigenvalue weighted by molar-refractivity contribution is 0.100. The van der Waals surface area contributed by atoms with E-state index < -0.39 is 5.91 Å². The third-order valence-electron chi connectivity index (χ3n) is 4.50. The summed E-state index contributed by atoms with van der Waals surface area (Å²) in [6, 6.07) is 11.0. The zero-order valence-corrected chi connectivity index (χ0v) is 14.6. The van der Waals surface area contributed by atoms with Crippen molar-refractivity contribution < 1.29 is 9.53 Å². The Morgan fingerprint density at radius 3 is 2.62 bits per heavy atom. The number of ether oxygens (including phenoxy) is 1. The molecule has 128 valence electrons. The van der Waals surface area contributed by atoms with Gasteiger partial charge in [-0.15, -0.1) is 11.3 Å². The standard InChI is InChI=1S/C19H24N2O2S/c20-19(22)15-5-7-16(8-6-15)23-18-10-9-17(24-18)13-21-12-11-14-3-1-2-4-14/h5-10,14,21H,1-4,11-13H2,(H2,20,22). The summed E-state index contributed by atoms with van der Waals surface area (Å²) in [7, 11) is 0. The van der Waals surface area contributed by atoms with Gasteiger partial charge in [-0.3, -0.25) is 4.79 Å². The van der Waals surface area contributed by atoms with Gasteiger partial charge in [0.25, 0.3) is 0 Å². The number of thiophene rings is 1. The van der Waals surface area contributed by atoms with Gasteiger partial charge in [0.05, 0.1) is 0 Å². The van der Waals surface area contributed by atoms with E-state index in [1.165, 1.54) is 37.0 Å². The van der Waals surface area contributed by atoms with Gasteiger partial charge in [0.1, 0.15) is 5.75 Å². The Morgan fingerprint density at radius 1 is 1.17 bits per heavy atom. The fraction of sp³-hybridized carbons (Fsp3) is 0.421. The van der Waals surface area contributed by atoms with Gasteiger partial charge in [0.15, 0.2) is 5.06 Å². The Bertz CT molecular complexity index is 660. The smallest absolute Gasteiger partial charge is 0.248 e. The van der Waals surface area contributed by atoms with Crippen LogP contribution in [0.25, 0.3) is 0 Å². The first-order valence-corrected chi connectivity index (χ1v) is 9.39. The van der Waals surface area contributed by atoms with Gasteiger partial charge < -0.3 is 15.8 Å². The topological polar surface area (TPSA) is 64.4 Å². The molecule has 1 aliphatic rings. The number of amides is 1. The van der Waals surface area contributed by atoms with E-state index in [4.69, 9.17) is 10.5 Å². The number of benzene rings is 1. The summed E-state index contributed by atoms with van der Waals surface area (Å²) in [6.07, 6.45) is 6.94. The van der Waals surface area contributed by atoms with E-state index in [1.807, 2.05) is 6.07 Å². The fourth-order valence-corrected chi connectivity index (χ4v) is 3.97. The van der Waals surface area contributed by atoms with E-state index >= 15 is 0 Å². The van der Waals surface area contributed by atoms with Crippen LogP contribution in [0.3, 0.4) is 0 Å². The van der Waals surface area contributed by atoms with Crippen molar-refractivity contribution in [2.75, 3.05) is 6.54 Å². The van der Waals surface area contributed by atoms with Gasteiger partial charge in [0, 0.05) is 17.0 Å². The van der Waals surface area contributed by atoms with Gasteiger partial charge in [-0.05, 0) is 55.3 Å². The average molecular weight is 344 g/mol. The maximum absolute atomic E-state index is 11.1. The van der Waals surface area contributed by atoms with E-state index in [2.05, 4.69) is 11.4 Å². The first kappa shape index (κ1) is 17.0. The molecule has 2 aromatic rings. The van der Waals surface area contributed by atoms with Crippen molar-refractivity contribution in [3.05, 3.63) is 46.8 Å². The van der Waals surface area contributed by atoms with Crippen LogP contribution in [0.2, 0.25) is 0 Å². The number of carbonyl (C=O) groups is 1. The van der Waals surface area contributed by atoms with Crippen LogP contribution in [-0.2, 0) is 6.54 Å². The monoisotopic (exact) mass is 344 g/mol. The lowest BCUT2D eigenvalue weighted by Gasteiger charge is -2.08. The van der Waals surface area contributed by atoms with Crippen LogP contribution in [-0.4, -0.2) is 12.5 Å². The molecule has 1 aliphatic carbocycles. The van der Waals surface area contributed by atoms with Crippen molar-refractivity contribution >= 4 is 17.2 Å². The Labute approximate surface area is 147 Å². The fourth-order valence-electron chi connectivity index (χ4n) is 3.13. The first-order chi connectivity index (χ1) is 11.7. The van der Waals surface area contributed by atoms with Crippen LogP contribution in [0.5, 0.6) is 10.8 Å². The molecular formula is C19H24N2O2S. The molecule has 0 aliphatic heterocycles. The van der Waals surface area contributed by atoms with Crippen molar-refractivity contribution in [1.29, 1.82) is 0 Å². The zero-order chi connectivity index (χ0) is 16.8. The summed E-state index contributed by atoms with van der Waals surface area (Å²) < 4.78 is 5.82. The minimum atomic E-state index is -0.427. The van der Waals surface area contributed by atoms with Crippen LogP contribution < -0.4 is 15.8 Å². The molecule has 0 atom stereocenters. The Balaban J connectivity index is 1.43. The quantitative estimate of drug-likeness (QED) is 0.701. The van der Waals surface area contributed by atoms with Gasteiger partial charge >= 0.3 is 0 Å². The predicted molar refractivity (Wildman–Crippen MR) is 97.6 cm³/mol. The number of rotatable bonds is 8. The molecule has 1 aromatic heterocycles. The lowest BCUT2D eigenvalue weighted by atomic mass is 10.0. The van der Waals surface area contributed by atoms with E-state index in [0.29, 0.717) is 11.3 Å². The van der Waals surface area contributed by atoms with Gasteiger partial charge in [-0.1, -0.05) is 25.7 Å². The highest BCUT2D eigenvalue weighted by atomic mass is 32.1. The molecule has 24 heavy (non-hydrogen) atoms. The Hall–Kier alpha value is -1.85. The van der Waals surface area contributed by atoms with E-state index in [-0.39, 0.29) is 0 Å². The summed E-state index contributed by atoms with van der Waals surface area (Å²) in [6.45, 7) is 1.98. The van der Waals surface area contributed by atoms with Crippen molar-refractivity contribution in [1.82, 2.24) is 5.32 Å². The van der Waals surface area contributed by atoms with Crippen molar-refractivity contribution in [2.24, 2.45) is 11.7 Å². The maximum atomic E-state index is 11.1. The van der Waals surface area contributed by atoms with Crippen molar-refractivity contribution in [3.63, 3.8) is 0 Å². The molecule has 0 bridgehead atoms. The molecule has 0 unspecified atom stereocenters. The van der Waals surface area contributed by atoms with Crippen LogP contribution >= 0.6 is 11.3 Å². The molecule has 1 heterocycles. The highest BCUT2D eigenvalue weighted by Crippen LogP contribution is 2.30. The lowest BCUT2D eigenvalue weighted by Crippen LogP contribution is -2.16. The van der Waals surface area contributed by atoms with Gasteiger partial charge in [-0.25, -0.2) is 0 Å². The van der Waals surface area contributed by atoms with E-state index in [9.17, 15) is 4.79 Å². The first-order valence-electron chi connectivity index (χ1n) is 8.58. The number of primary amides is 1. The molecular weight excluding hydrogens is 320 g/mol. The highest BCUT2D eigenvalue weighted by molar-refractivity contribution is 7.13. The normalized spacial score (nSPS) is 14.8. The molecule has 4 nitrogen and oxygen atoms in total. The Morgan fingerprint density at radius 2 is 1.92 bits per heavy atom. The highest BCUT2D eigenvalue weighted by Gasteiger charge is 2.14. The molecule has 3 N–H and O–H groups in total. The SMILES string of the molecule is NC(=O)c1ccc(Oc2ccc(CNCCC3CCCC3)s2)cc1. The number of nitrogens with one attached hydrogen (secondary N) is 1. The van der Waals surface area contributed by atoms with Gasteiger partial charge in [-0.2, -0.15) is 0 Å². The van der Waals surface area contributed by atoms with E-state index in [1.54, 1.807) is 35.6 Å². The molecule has 5 heteroatoms. The summed E-state index contributed by atoms with van der Waals surface area (Å²) >= 11 is 1.64. The Kier molecular flexibility index (Phi) is 5.88.